The average molecular weight is 501 g/mol. The molecule has 9 heteroatoms. The number of anilines is 1. The highest BCUT2D eigenvalue weighted by atomic mass is 35.5. The second kappa shape index (κ2) is 9.76. The molecule has 2 saturated heterocycles. The van der Waals surface area contributed by atoms with Crippen molar-refractivity contribution in [2.75, 3.05) is 31.2 Å². The van der Waals surface area contributed by atoms with Crippen LogP contribution in [0.15, 0.2) is 48.6 Å². The van der Waals surface area contributed by atoms with E-state index in [0.717, 1.165) is 6.42 Å². The van der Waals surface area contributed by atoms with Crippen LogP contribution in [0.25, 0.3) is 0 Å². The van der Waals surface area contributed by atoms with Crippen molar-refractivity contribution in [2.24, 2.45) is 11.8 Å². The maximum absolute atomic E-state index is 14.2. The summed E-state index contributed by atoms with van der Waals surface area (Å²) in [7, 11) is 0. The summed E-state index contributed by atoms with van der Waals surface area (Å²) in [6, 6.07) is 6.11. The molecule has 2 fully saturated rings. The van der Waals surface area contributed by atoms with E-state index in [9.17, 15) is 19.5 Å². The fraction of sp³-hybridized carbons (Fsp3) is 0.500. The Morgan fingerprint density at radius 3 is 2.74 bits per heavy atom. The molecule has 1 spiro atoms. The van der Waals surface area contributed by atoms with Gasteiger partial charge in [-0.1, -0.05) is 48.0 Å². The van der Waals surface area contributed by atoms with Crippen LogP contribution in [0.5, 0.6) is 0 Å². The third-order valence-electron chi connectivity index (χ3n) is 7.30. The Hall–Kier alpha value is -2.68. The quantitative estimate of drug-likeness (QED) is 0.379. The Morgan fingerprint density at radius 1 is 1.11 bits per heavy atom. The molecule has 4 aliphatic heterocycles. The third kappa shape index (κ3) is 3.97. The number of nitrogens with zero attached hydrogens (tertiary/aromatic N) is 2. The third-order valence-corrected chi connectivity index (χ3v) is 7.62. The summed E-state index contributed by atoms with van der Waals surface area (Å²) in [6.45, 7) is 0.785. The Labute approximate surface area is 209 Å². The van der Waals surface area contributed by atoms with Gasteiger partial charge < -0.3 is 24.4 Å². The van der Waals surface area contributed by atoms with Crippen molar-refractivity contribution in [1.82, 2.24) is 4.90 Å². The lowest BCUT2D eigenvalue weighted by Crippen LogP contribution is -2.55. The van der Waals surface area contributed by atoms with Crippen molar-refractivity contribution in [3.8, 4) is 0 Å². The summed E-state index contributed by atoms with van der Waals surface area (Å²) in [6.07, 6.45) is 9.17. The number of fused-ring (bicyclic) bond motifs is 2. The first-order valence-corrected chi connectivity index (χ1v) is 12.5. The van der Waals surface area contributed by atoms with Gasteiger partial charge in [-0.05, 0) is 37.8 Å². The Kier molecular flexibility index (Phi) is 6.70. The number of likely N-dealkylation sites (tertiary alicyclic amines) is 1. The fourth-order valence-corrected chi connectivity index (χ4v) is 6.01. The summed E-state index contributed by atoms with van der Waals surface area (Å²) in [5.41, 5.74) is -0.756. The standard InChI is InChI=1S/C26H29ClN2O6/c27-17-9-3-4-10-18(17)28-14-8-12-26-21(20-19(35-26)11-2-1-7-16-34-25(20)33)23(31)29(13-5-6-15-30)22(26)24(28)32/h2-4,8-12,19-22,30H,1,5-7,13-16H2/b11-2-/t19-,20+,21+,22?,26+/m1/s1. The monoisotopic (exact) mass is 500 g/mol. The molecule has 1 N–H and O–H groups in total. The van der Waals surface area contributed by atoms with Gasteiger partial charge in [-0.25, -0.2) is 0 Å². The molecule has 0 bridgehead atoms. The van der Waals surface area contributed by atoms with Gasteiger partial charge in [-0.15, -0.1) is 0 Å². The largest absolute Gasteiger partial charge is 0.465 e. The van der Waals surface area contributed by atoms with Gasteiger partial charge >= 0.3 is 5.97 Å². The van der Waals surface area contributed by atoms with Crippen molar-refractivity contribution in [2.45, 2.75) is 43.4 Å². The molecule has 5 atom stereocenters. The number of hydrogen-bond donors (Lipinski definition) is 1. The summed E-state index contributed by atoms with van der Waals surface area (Å²) in [5, 5.41) is 9.72. The molecule has 8 nitrogen and oxygen atoms in total. The number of amides is 2. The van der Waals surface area contributed by atoms with Gasteiger partial charge in [0.15, 0.2) is 0 Å². The number of para-hydroxylation sites is 1. The topological polar surface area (TPSA) is 96.4 Å². The second-order valence-corrected chi connectivity index (χ2v) is 9.75. The molecule has 4 heterocycles. The molecule has 0 radical (unpaired) electrons. The van der Waals surface area contributed by atoms with Gasteiger partial charge in [0, 0.05) is 19.7 Å². The van der Waals surface area contributed by atoms with Gasteiger partial charge in [-0.3, -0.25) is 14.4 Å². The van der Waals surface area contributed by atoms with Crippen molar-refractivity contribution >= 4 is 35.1 Å². The summed E-state index contributed by atoms with van der Waals surface area (Å²) < 4.78 is 12.1. The molecule has 0 aliphatic carbocycles. The number of carbonyl (C=O) groups is 3. The lowest BCUT2D eigenvalue weighted by atomic mass is 9.78. The van der Waals surface area contributed by atoms with E-state index in [4.69, 9.17) is 21.1 Å². The van der Waals surface area contributed by atoms with Gasteiger partial charge in [0.25, 0.3) is 5.91 Å². The molecule has 4 aliphatic rings. The Bertz CT molecular complexity index is 1070. The lowest BCUT2D eigenvalue weighted by Gasteiger charge is -2.35. The normalized spacial score (nSPS) is 33.3. The van der Waals surface area contributed by atoms with Crippen LogP contribution < -0.4 is 4.90 Å². The number of halogens is 1. The van der Waals surface area contributed by atoms with Gasteiger partial charge in [-0.2, -0.15) is 0 Å². The molecule has 0 aromatic heterocycles. The van der Waals surface area contributed by atoms with E-state index in [1.807, 2.05) is 18.2 Å². The first-order valence-electron chi connectivity index (χ1n) is 12.2. The zero-order valence-corrected chi connectivity index (χ0v) is 20.1. The molecule has 1 aromatic carbocycles. The Balaban J connectivity index is 1.60. The van der Waals surface area contributed by atoms with Crippen LogP contribution in [0.2, 0.25) is 5.02 Å². The van der Waals surface area contributed by atoms with Crippen LogP contribution in [0.1, 0.15) is 25.7 Å². The predicted octanol–water partition coefficient (Wildman–Crippen LogP) is 2.49. The van der Waals surface area contributed by atoms with Crippen molar-refractivity contribution in [1.29, 1.82) is 0 Å². The average Bonchev–Trinajstić information content (AvgIpc) is 3.25. The van der Waals surface area contributed by atoms with Crippen molar-refractivity contribution in [3.05, 3.63) is 53.6 Å². The minimum atomic E-state index is -1.30. The molecule has 1 aromatic rings. The number of benzene rings is 1. The smallest absolute Gasteiger partial charge is 0.312 e. The van der Waals surface area contributed by atoms with E-state index in [1.54, 1.807) is 35.2 Å². The first kappa shape index (κ1) is 24.0. The van der Waals surface area contributed by atoms with Crippen molar-refractivity contribution in [3.63, 3.8) is 0 Å². The molecular formula is C26H29ClN2O6. The number of ether oxygens (including phenoxy) is 2. The van der Waals surface area contributed by atoms with Gasteiger partial charge in [0.1, 0.15) is 17.6 Å². The molecule has 5 rings (SSSR count). The molecule has 35 heavy (non-hydrogen) atoms. The Morgan fingerprint density at radius 2 is 1.94 bits per heavy atom. The van der Waals surface area contributed by atoms with E-state index in [1.165, 1.54) is 4.90 Å². The number of esters is 1. The number of aliphatic hydroxyl groups excluding tert-OH is 1. The van der Waals surface area contributed by atoms with E-state index in [2.05, 4.69) is 0 Å². The van der Waals surface area contributed by atoms with Gasteiger partial charge in [0.05, 0.1) is 29.3 Å². The number of rotatable bonds is 5. The van der Waals surface area contributed by atoms with Crippen LogP contribution in [0.4, 0.5) is 5.69 Å². The van der Waals surface area contributed by atoms with E-state index >= 15 is 0 Å². The van der Waals surface area contributed by atoms with Crippen LogP contribution in [0, 0.1) is 11.8 Å². The SMILES string of the molecule is O=C1OCCC/C=C\[C@H]2O[C@]34C=CCN(c5ccccc5Cl)C(=O)C3N(CCCCO)C(=O)[C@@H]4[C@@H]12. The number of carbonyl (C=O) groups excluding carboxylic acids is 3. The van der Waals surface area contributed by atoms with Crippen molar-refractivity contribution < 1.29 is 29.0 Å². The van der Waals surface area contributed by atoms with Crippen LogP contribution in [-0.4, -0.2) is 71.8 Å². The number of allylic oxidation sites excluding steroid dienone is 1. The summed E-state index contributed by atoms with van der Waals surface area (Å²) in [5.74, 6) is -2.81. The second-order valence-electron chi connectivity index (χ2n) is 9.34. The predicted molar refractivity (Wildman–Crippen MR) is 129 cm³/mol. The minimum absolute atomic E-state index is 0.0147. The highest BCUT2D eigenvalue weighted by molar-refractivity contribution is 6.34. The highest BCUT2D eigenvalue weighted by Crippen LogP contribution is 2.53. The zero-order chi connectivity index (χ0) is 24.6. The summed E-state index contributed by atoms with van der Waals surface area (Å²) in [4.78, 5) is 44.3. The van der Waals surface area contributed by atoms with Crippen LogP contribution in [0.3, 0.4) is 0 Å². The van der Waals surface area contributed by atoms with E-state index in [0.29, 0.717) is 30.0 Å². The first-order chi connectivity index (χ1) is 17.0. The van der Waals surface area contributed by atoms with Crippen LogP contribution in [-0.2, 0) is 23.9 Å². The number of hydrogen-bond acceptors (Lipinski definition) is 6. The number of unbranched alkanes of at least 4 members (excludes halogenated alkanes) is 1. The molecular weight excluding hydrogens is 472 g/mol. The minimum Gasteiger partial charge on any atom is -0.465 e. The van der Waals surface area contributed by atoms with E-state index in [-0.39, 0.29) is 38.1 Å². The lowest BCUT2D eigenvalue weighted by molar-refractivity contribution is -0.154. The molecule has 2 amide bonds. The maximum atomic E-state index is 14.2. The zero-order valence-electron chi connectivity index (χ0n) is 19.3. The molecule has 186 valence electrons. The van der Waals surface area contributed by atoms with Gasteiger partial charge in [0.2, 0.25) is 5.91 Å². The molecule has 0 saturated carbocycles. The van der Waals surface area contributed by atoms with E-state index < -0.39 is 35.6 Å². The fourth-order valence-electron chi connectivity index (χ4n) is 5.77. The number of cyclic esters (lactones) is 1. The number of aliphatic hydroxyl groups is 1. The maximum Gasteiger partial charge on any atom is 0.312 e. The summed E-state index contributed by atoms with van der Waals surface area (Å²) >= 11 is 6.44. The molecule has 1 unspecified atom stereocenters. The highest BCUT2D eigenvalue weighted by Gasteiger charge is 2.71. The van der Waals surface area contributed by atoms with Crippen LogP contribution >= 0.6 is 11.6 Å².